The van der Waals surface area contributed by atoms with Gasteiger partial charge in [-0.05, 0) is 55.5 Å². The van der Waals surface area contributed by atoms with Gasteiger partial charge < -0.3 is 16.0 Å². The Balaban J connectivity index is 1.49. The van der Waals surface area contributed by atoms with E-state index in [0.29, 0.717) is 6.54 Å². The molecular weight excluding hydrogens is 326 g/mol. The number of benzene rings is 2. The van der Waals surface area contributed by atoms with Gasteiger partial charge in [0.15, 0.2) is 0 Å². The van der Waals surface area contributed by atoms with Crippen LogP contribution in [0.2, 0.25) is 0 Å². The van der Waals surface area contributed by atoms with Crippen LogP contribution >= 0.6 is 0 Å². The summed E-state index contributed by atoms with van der Waals surface area (Å²) in [5, 5.41) is 9.04. The lowest BCUT2D eigenvalue weighted by atomic mass is 10.1. The molecule has 1 fully saturated rings. The predicted molar refractivity (Wildman–Crippen MR) is 104 cm³/mol. The molecule has 5 nitrogen and oxygen atoms in total. The van der Waals surface area contributed by atoms with E-state index in [9.17, 15) is 9.59 Å². The fourth-order valence-corrected chi connectivity index (χ4v) is 2.87. The Kier molecular flexibility index (Phi) is 5.56. The minimum atomic E-state index is -0.0694. The lowest BCUT2D eigenvalue weighted by Gasteiger charge is -2.13. The molecule has 1 saturated carbocycles. The Morgan fingerprint density at radius 3 is 2.42 bits per heavy atom. The highest BCUT2D eigenvalue weighted by Gasteiger charge is 2.29. The second-order valence-corrected chi connectivity index (χ2v) is 6.86. The molecule has 0 spiro atoms. The Hall–Kier alpha value is -2.82. The number of anilines is 2. The first-order valence-electron chi connectivity index (χ1n) is 8.99. The van der Waals surface area contributed by atoms with E-state index in [1.807, 2.05) is 56.3 Å². The van der Waals surface area contributed by atoms with Crippen LogP contribution in [0, 0.1) is 19.8 Å². The minimum absolute atomic E-state index is 0.0694. The van der Waals surface area contributed by atoms with Crippen LogP contribution in [0.3, 0.4) is 0 Å². The standard InChI is InChI=1S/C21H25N3O2/c1-14-5-3-6-15(2)20(14)23-13-19(25)22-12-16-7-4-8-18(11-16)24-21(26)17-9-10-17/h3-8,11,17,23H,9-10,12-13H2,1-2H3,(H,22,25)(H,24,26). The fourth-order valence-electron chi connectivity index (χ4n) is 2.87. The molecule has 1 aliphatic carbocycles. The van der Waals surface area contributed by atoms with Gasteiger partial charge in [-0.25, -0.2) is 0 Å². The summed E-state index contributed by atoms with van der Waals surface area (Å²) in [5.41, 5.74) is 4.99. The van der Waals surface area contributed by atoms with Gasteiger partial charge in [0.1, 0.15) is 0 Å². The molecule has 0 aliphatic heterocycles. The SMILES string of the molecule is Cc1cccc(C)c1NCC(=O)NCc1cccc(NC(=O)C2CC2)c1. The number of hydrogen-bond donors (Lipinski definition) is 3. The van der Waals surface area contributed by atoms with Gasteiger partial charge in [0.05, 0.1) is 6.54 Å². The molecule has 2 aromatic carbocycles. The lowest BCUT2D eigenvalue weighted by Crippen LogP contribution is -2.29. The Bertz CT molecular complexity index is 792. The summed E-state index contributed by atoms with van der Waals surface area (Å²) >= 11 is 0. The van der Waals surface area contributed by atoms with E-state index in [1.165, 1.54) is 0 Å². The van der Waals surface area contributed by atoms with Crippen molar-refractivity contribution in [3.63, 3.8) is 0 Å². The normalized spacial score (nSPS) is 13.2. The van der Waals surface area contributed by atoms with E-state index in [-0.39, 0.29) is 24.3 Å². The Morgan fingerprint density at radius 1 is 1.04 bits per heavy atom. The zero-order chi connectivity index (χ0) is 18.5. The van der Waals surface area contributed by atoms with Crippen LogP contribution < -0.4 is 16.0 Å². The average Bonchev–Trinajstić information content (AvgIpc) is 3.45. The number of hydrogen-bond acceptors (Lipinski definition) is 3. The molecule has 1 aliphatic rings. The van der Waals surface area contributed by atoms with E-state index >= 15 is 0 Å². The highest BCUT2D eigenvalue weighted by atomic mass is 16.2. The molecule has 26 heavy (non-hydrogen) atoms. The molecule has 0 atom stereocenters. The quantitative estimate of drug-likeness (QED) is 0.716. The van der Waals surface area contributed by atoms with Crippen molar-refractivity contribution in [2.24, 2.45) is 5.92 Å². The first kappa shape index (κ1) is 18.0. The van der Waals surface area contributed by atoms with Crippen molar-refractivity contribution in [1.82, 2.24) is 5.32 Å². The molecule has 0 aromatic heterocycles. The van der Waals surface area contributed by atoms with Gasteiger partial charge in [0.2, 0.25) is 11.8 Å². The van der Waals surface area contributed by atoms with Crippen LogP contribution in [0.1, 0.15) is 29.5 Å². The van der Waals surface area contributed by atoms with Crippen LogP contribution in [-0.2, 0) is 16.1 Å². The maximum absolute atomic E-state index is 12.1. The van der Waals surface area contributed by atoms with Crippen molar-refractivity contribution >= 4 is 23.2 Å². The molecule has 3 rings (SSSR count). The van der Waals surface area contributed by atoms with E-state index in [4.69, 9.17) is 0 Å². The number of rotatable bonds is 7. The highest BCUT2D eigenvalue weighted by molar-refractivity contribution is 5.94. The summed E-state index contributed by atoms with van der Waals surface area (Å²) in [6.45, 7) is 4.70. The molecule has 3 N–H and O–H groups in total. The minimum Gasteiger partial charge on any atom is -0.376 e. The van der Waals surface area contributed by atoms with Gasteiger partial charge >= 0.3 is 0 Å². The Labute approximate surface area is 154 Å². The number of carbonyl (C=O) groups excluding carboxylic acids is 2. The molecule has 0 saturated heterocycles. The predicted octanol–water partition coefficient (Wildman–Crippen LogP) is 3.38. The molecule has 2 aromatic rings. The van der Waals surface area contributed by atoms with Gasteiger partial charge in [0.25, 0.3) is 0 Å². The topological polar surface area (TPSA) is 70.2 Å². The van der Waals surface area contributed by atoms with Gasteiger partial charge in [-0.2, -0.15) is 0 Å². The van der Waals surface area contributed by atoms with Gasteiger partial charge in [-0.3, -0.25) is 9.59 Å². The molecule has 0 heterocycles. The van der Waals surface area contributed by atoms with Crippen molar-refractivity contribution < 1.29 is 9.59 Å². The third kappa shape index (κ3) is 4.85. The zero-order valence-electron chi connectivity index (χ0n) is 15.3. The van der Waals surface area contributed by atoms with Crippen molar-refractivity contribution in [2.75, 3.05) is 17.2 Å². The van der Waals surface area contributed by atoms with Crippen LogP contribution in [0.5, 0.6) is 0 Å². The van der Waals surface area contributed by atoms with Crippen molar-refractivity contribution in [3.8, 4) is 0 Å². The number of aryl methyl sites for hydroxylation is 2. The first-order valence-corrected chi connectivity index (χ1v) is 8.99. The lowest BCUT2D eigenvalue weighted by molar-refractivity contribution is -0.119. The third-order valence-corrected chi connectivity index (χ3v) is 4.54. The van der Waals surface area contributed by atoms with Crippen LogP contribution in [0.25, 0.3) is 0 Å². The third-order valence-electron chi connectivity index (χ3n) is 4.54. The van der Waals surface area contributed by atoms with E-state index in [1.54, 1.807) is 0 Å². The van der Waals surface area contributed by atoms with Crippen LogP contribution in [-0.4, -0.2) is 18.4 Å². The second kappa shape index (κ2) is 8.04. The van der Waals surface area contributed by atoms with Gasteiger partial charge in [-0.1, -0.05) is 30.3 Å². The van der Waals surface area contributed by atoms with Gasteiger partial charge in [-0.15, -0.1) is 0 Å². The molecule has 5 heteroatoms. The summed E-state index contributed by atoms with van der Waals surface area (Å²) in [6, 6.07) is 13.6. The van der Waals surface area contributed by atoms with E-state index in [2.05, 4.69) is 16.0 Å². The summed E-state index contributed by atoms with van der Waals surface area (Å²) in [7, 11) is 0. The largest absolute Gasteiger partial charge is 0.376 e. The summed E-state index contributed by atoms with van der Waals surface area (Å²) in [6.07, 6.45) is 1.96. The van der Waals surface area contributed by atoms with Gasteiger partial charge in [0, 0.05) is 23.8 Å². The maximum Gasteiger partial charge on any atom is 0.239 e. The van der Waals surface area contributed by atoms with E-state index < -0.39 is 0 Å². The smallest absolute Gasteiger partial charge is 0.239 e. The highest BCUT2D eigenvalue weighted by Crippen LogP contribution is 2.30. The summed E-state index contributed by atoms with van der Waals surface area (Å²) < 4.78 is 0. The molecule has 0 radical (unpaired) electrons. The maximum atomic E-state index is 12.1. The zero-order valence-corrected chi connectivity index (χ0v) is 15.3. The Morgan fingerprint density at radius 2 is 1.73 bits per heavy atom. The second-order valence-electron chi connectivity index (χ2n) is 6.86. The number of amides is 2. The van der Waals surface area contributed by atoms with Crippen molar-refractivity contribution in [3.05, 3.63) is 59.2 Å². The molecule has 2 amide bonds. The number of para-hydroxylation sites is 1. The molecule has 0 unspecified atom stereocenters. The van der Waals surface area contributed by atoms with E-state index in [0.717, 1.165) is 40.9 Å². The molecular formula is C21H25N3O2. The first-order chi connectivity index (χ1) is 12.5. The average molecular weight is 351 g/mol. The van der Waals surface area contributed by atoms with Crippen molar-refractivity contribution in [2.45, 2.75) is 33.2 Å². The molecule has 0 bridgehead atoms. The molecule has 136 valence electrons. The van der Waals surface area contributed by atoms with Crippen LogP contribution in [0.15, 0.2) is 42.5 Å². The number of carbonyl (C=O) groups is 2. The monoisotopic (exact) mass is 351 g/mol. The summed E-state index contributed by atoms with van der Waals surface area (Å²) in [4.78, 5) is 24.0. The van der Waals surface area contributed by atoms with Crippen molar-refractivity contribution in [1.29, 1.82) is 0 Å². The summed E-state index contributed by atoms with van der Waals surface area (Å²) in [5.74, 6) is 0.193. The van der Waals surface area contributed by atoms with Crippen LogP contribution in [0.4, 0.5) is 11.4 Å². The number of nitrogens with one attached hydrogen (secondary N) is 3. The fraction of sp³-hybridized carbons (Fsp3) is 0.333.